The van der Waals surface area contributed by atoms with Gasteiger partial charge in [0.1, 0.15) is 8.07 Å². The summed E-state index contributed by atoms with van der Waals surface area (Å²) in [5, 5.41) is 15.8. The van der Waals surface area contributed by atoms with Gasteiger partial charge in [-0.2, -0.15) is 0 Å². The third-order valence-corrected chi connectivity index (χ3v) is 20.7. The van der Waals surface area contributed by atoms with Crippen molar-refractivity contribution in [1.29, 1.82) is 0 Å². The van der Waals surface area contributed by atoms with E-state index < -0.39 is 8.07 Å². The Balaban J connectivity index is 0.838. The lowest BCUT2D eigenvalue weighted by atomic mass is 9.72. The van der Waals surface area contributed by atoms with Gasteiger partial charge in [0.05, 0.1) is 11.0 Å². The molecule has 0 aliphatic carbocycles. The maximum absolute atomic E-state index is 2.51. The van der Waals surface area contributed by atoms with Crippen LogP contribution in [-0.2, 0) is 5.41 Å². The topological polar surface area (TPSA) is 8.17 Å². The smallest absolute Gasteiger partial charge is 0.113 e. The Morgan fingerprint density at radius 2 is 0.918 bits per heavy atom. The van der Waals surface area contributed by atoms with Crippen LogP contribution in [0.25, 0.3) is 115 Å². The van der Waals surface area contributed by atoms with E-state index >= 15 is 0 Å². The summed E-state index contributed by atoms with van der Waals surface area (Å²) in [6.45, 7) is 9.85. The zero-order valence-electron chi connectivity index (χ0n) is 41.8. The van der Waals surface area contributed by atoms with Gasteiger partial charge in [-0.1, -0.05) is 191 Å². The number of fused-ring (bicyclic) bond motifs is 12. The van der Waals surface area contributed by atoms with E-state index in [0.717, 1.165) is 0 Å². The highest BCUT2D eigenvalue weighted by Gasteiger charge is 2.38. The molecule has 0 unspecified atom stereocenters. The van der Waals surface area contributed by atoms with Crippen molar-refractivity contribution in [3.8, 4) is 50.2 Å². The molecule has 73 heavy (non-hydrogen) atoms. The van der Waals surface area contributed by atoms with Gasteiger partial charge < -0.3 is 9.47 Å². The number of aromatic nitrogens is 1. The molecule has 2 nitrogen and oxygen atoms in total. The molecule has 1 aromatic heterocycles. The Morgan fingerprint density at radius 3 is 1.67 bits per heavy atom. The maximum atomic E-state index is 2.51. The Hall–Kier alpha value is -8.50. The molecule has 15 rings (SSSR count). The molecule has 0 saturated carbocycles. The maximum Gasteiger partial charge on any atom is 0.113 e. The van der Waals surface area contributed by atoms with Gasteiger partial charge in [-0.05, 0) is 170 Å². The first-order valence-electron chi connectivity index (χ1n) is 25.8. The zero-order valence-corrected chi connectivity index (χ0v) is 42.8. The molecule has 13 aromatic rings. The molecule has 12 aromatic carbocycles. The predicted octanol–water partition coefficient (Wildman–Crippen LogP) is 17.6. The van der Waals surface area contributed by atoms with Crippen LogP contribution in [0.1, 0.15) is 25.0 Å². The predicted molar refractivity (Wildman–Crippen MR) is 316 cm³/mol. The third-order valence-electron chi connectivity index (χ3n) is 17.1. The van der Waals surface area contributed by atoms with Gasteiger partial charge in [0.2, 0.25) is 0 Å². The largest absolute Gasteiger partial charge is 0.344 e. The number of para-hydroxylation sites is 1. The zero-order chi connectivity index (χ0) is 48.9. The number of hydrogen-bond donors (Lipinski definition) is 0. The minimum atomic E-state index is -1.81. The van der Waals surface area contributed by atoms with Gasteiger partial charge >= 0.3 is 0 Å². The lowest BCUT2D eigenvalue weighted by molar-refractivity contribution is 0.630. The number of benzene rings is 12. The summed E-state index contributed by atoms with van der Waals surface area (Å²) < 4.78 is 2.47. The molecule has 3 heteroatoms. The van der Waals surface area contributed by atoms with Crippen LogP contribution in [0, 0.1) is 0 Å². The van der Waals surface area contributed by atoms with Gasteiger partial charge in [0.15, 0.2) is 0 Å². The highest BCUT2D eigenvalue weighted by Crippen LogP contribution is 2.52. The lowest BCUT2D eigenvalue weighted by Crippen LogP contribution is -2.49. The van der Waals surface area contributed by atoms with Crippen molar-refractivity contribution in [2.45, 2.75) is 32.4 Å². The molecule has 0 atom stereocenters. The van der Waals surface area contributed by atoms with Crippen LogP contribution < -0.4 is 15.3 Å². The first-order chi connectivity index (χ1) is 35.6. The number of anilines is 2. The minimum Gasteiger partial charge on any atom is -0.344 e. The van der Waals surface area contributed by atoms with Crippen LogP contribution in [0.3, 0.4) is 0 Å². The number of rotatable bonds is 4. The highest BCUT2D eigenvalue weighted by molar-refractivity contribution is 7.04. The van der Waals surface area contributed by atoms with E-state index in [4.69, 9.17) is 0 Å². The van der Waals surface area contributed by atoms with E-state index in [2.05, 4.69) is 268 Å². The first kappa shape index (κ1) is 42.2. The third kappa shape index (κ3) is 5.97. The van der Waals surface area contributed by atoms with Crippen LogP contribution in [-0.4, -0.2) is 19.7 Å². The summed E-state index contributed by atoms with van der Waals surface area (Å²) in [6, 6.07) is 85.1. The fourth-order valence-corrected chi connectivity index (χ4v) is 16.5. The lowest BCUT2D eigenvalue weighted by Gasteiger charge is -2.41. The fourth-order valence-electron chi connectivity index (χ4n) is 13.4. The van der Waals surface area contributed by atoms with E-state index in [1.165, 1.54) is 138 Å². The van der Waals surface area contributed by atoms with E-state index in [1.807, 2.05) is 0 Å². The van der Waals surface area contributed by atoms with Crippen LogP contribution in [0.4, 0.5) is 11.4 Å². The standard InChI is InChI=1S/C70H52N2Si/c1-70(2)60-40-46(44-30-34-63-58(38-44)51-20-12-14-27-62(51)72(63)49-33-29-45-39-59-52-21-13-15-28-66(52)73(4,5)67(59)42-48(45)37-49)31-35-64(60)71(3)65-36-32-47(41-61(65)70)68-54-22-8-10-24-56(54)69(57-25-11-9-23-55(57)68)53-26-16-18-43-17-6-7-19-50(43)53/h6-42H,1-5H3. The Kier molecular flexibility index (Phi) is 8.82. The molecule has 0 spiro atoms. The van der Waals surface area contributed by atoms with Crippen molar-refractivity contribution in [2.24, 2.45) is 0 Å². The van der Waals surface area contributed by atoms with E-state index in [9.17, 15) is 0 Å². The summed E-state index contributed by atoms with van der Waals surface area (Å²) in [5.41, 5.74) is 18.9. The van der Waals surface area contributed by atoms with Crippen molar-refractivity contribution in [2.75, 3.05) is 11.9 Å². The second-order valence-corrected chi connectivity index (χ2v) is 26.0. The molecule has 3 heterocycles. The Labute approximate surface area is 427 Å². The normalized spacial score (nSPS) is 14.3. The van der Waals surface area contributed by atoms with Crippen LogP contribution in [0.2, 0.25) is 13.1 Å². The van der Waals surface area contributed by atoms with Gasteiger partial charge in [0, 0.05) is 40.3 Å². The second kappa shape index (κ2) is 15.3. The van der Waals surface area contributed by atoms with Crippen molar-refractivity contribution in [1.82, 2.24) is 4.57 Å². The summed E-state index contributed by atoms with van der Waals surface area (Å²) in [5.74, 6) is 0. The second-order valence-electron chi connectivity index (χ2n) is 21.7. The molecular formula is C70H52N2Si. The number of hydrogen-bond acceptors (Lipinski definition) is 1. The highest BCUT2D eigenvalue weighted by atomic mass is 28.3. The number of nitrogens with zero attached hydrogens (tertiary/aromatic N) is 2. The molecule has 346 valence electrons. The average molecular weight is 949 g/mol. The van der Waals surface area contributed by atoms with Crippen molar-refractivity contribution < 1.29 is 0 Å². The van der Waals surface area contributed by atoms with Gasteiger partial charge in [-0.15, -0.1) is 0 Å². The van der Waals surface area contributed by atoms with Crippen LogP contribution in [0.5, 0.6) is 0 Å². The summed E-state index contributed by atoms with van der Waals surface area (Å²) in [7, 11) is 0.424. The SMILES string of the molecule is CN1c2ccc(-c3ccc4c(c3)c3ccccc3n4-c3ccc4cc5c(cc4c3)[Si](C)(C)c3ccccc3-5)cc2C(C)(C)c2cc(-c3c4ccccc4c(-c4cccc5ccccc45)c4ccccc34)ccc21. The molecule has 0 N–H and O–H groups in total. The van der Waals surface area contributed by atoms with Crippen molar-refractivity contribution >= 4 is 94.7 Å². The molecule has 0 amide bonds. The van der Waals surface area contributed by atoms with Crippen LogP contribution in [0.15, 0.2) is 224 Å². The van der Waals surface area contributed by atoms with Gasteiger partial charge in [-0.25, -0.2) is 0 Å². The monoisotopic (exact) mass is 948 g/mol. The van der Waals surface area contributed by atoms with Crippen LogP contribution >= 0.6 is 0 Å². The van der Waals surface area contributed by atoms with Crippen molar-refractivity contribution in [3.05, 3.63) is 236 Å². The van der Waals surface area contributed by atoms with Gasteiger partial charge in [-0.3, -0.25) is 0 Å². The molecule has 0 saturated heterocycles. The molecule has 2 aliphatic heterocycles. The van der Waals surface area contributed by atoms with E-state index in [-0.39, 0.29) is 5.41 Å². The summed E-state index contributed by atoms with van der Waals surface area (Å²) >= 11 is 0. The molecule has 0 bridgehead atoms. The summed E-state index contributed by atoms with van der Waals surface area (Å²) in [4.78, 5) is 2.40. The molecular weight excluding hydrogens is 897 g/mol. The fraction of sp³-hybridized carbons (Fsp3) is 0.0857. The average Bonchev–Trinajstić information content (AvgIpc) is 3.88. The van der Waals surface area contributed by atoms with E-state index in [0.29, 0.717) is 0 Å². The van der Waals surface area contributed by atoms with E-state index in [1.54, 1.807) is 10.4 Å². The minimum absolute atomic E-state index is 0.283. The molecule has 2 aliphatic rings. The molecule has 0 fully saturated rings. The van der Waals surface area contributed by atoms with Crippen molar-refractivity contribution in [3.63, 3.8) is 0 Å². The Bertz CT molecular complexity index is 4470. The molecule has 0 radical (unpaired) electrons. The Morgan fingerprint density at radius 1 is 0.356 bits per heavy atom. The first-order valence-corrected chi connectivity index (χ1v) is 28.8. The summed E-state index contributed by atoms with van der Waals surface area (Å²) in [6.07, 6.45) is 0. The quantitative estimate of drug-likeness (QED) is 0.126. The van der Waals surface area contributed by atoms with Gasteiger partial charge in [0.25, 0.3) is 0 Å².